The molecular formula is C22H36N2O3. The van der Waals surface area contributed by atoms with Gasteiger partial charge in [-0.1, -0.05) is 18.6 Å². The summed E-state index contributed by atoms with van der Waals surface area (Å²) in [6, 6.07) is 6.14. The number of nitrogens with one attached hydrogen (secondary N) is 1. The number of hydrogen-bond donors (Lipinski definition) is 1. The smallest absolute Gasteiger partial charge is 0.166 e. The van der Waals surface area contributed by atoms with Crippen molar-refractivity contribution in [3.05, 3.63) is 23.8 Å². The SMILES string of the molecule is COc1cccc(CNCC2(N3CCCCC3)CCOCC2)c1OC(C)C. The first-order valence-corrected chi connectivity index (χ1v) is 10.5. The van der Waals surface area contributed by atoms with Crippen molar-refractivity contribution >= 4 is 0 Å². The van der Waals surface area contributed by atoms with Crippen molar-refractivity contribution in [3.8, 4) is 11.5 Å². The molecule has 0 bridgehead atoms. The lowest BCUT2D eigenvalue weighted by Gasteiger charge is -2.48. The zero-order chi connectivity index (χ0) is 19.1. The fourth-order valence-electron chi connectivity index (χ4n) is 4.38. The largest absolute Gasteiger partial charge is 0.493 e. The highest BCUT2D eigenvalue weighted by molar-refractivity contribution is 5.46. The van der Waals surface area contributed by atoms with E-state index in [-0.39, 0.29) is 11.6 Å². The molecule has 0 spiro atoms. The summed E-state index contributed by atoms with van der Waals surface area (Å²) in [7, 11) is 1.70. The molecule has 1 N–H and O–H groups in total. The molecule has 3 rings (SSSR count). The highest BCUT2D eigenvalue weighted by Gasteiger charge is 2.38. The number of hydrogen-bond acceptors (Lipinski definition) is 5. The maximum atomic E-state index is 6.06. The molecule has 0 unspecified atom stereocenters. The van der Waals surface area contributed by atoms with Gasteiger partial charge in [0.15, 0.2) is 11.5 Å². The maximum absolute atomic E-state index is 6.06. The quantitative estimate of drug-likeness (QED) is 0.751. The fraction of sp³-hybridized carbons (Fsp3) is 0.727. The van der Waals surface area contributed by atoms with Crippen molar-refractivity contribution < 1.29 is 14.2 Å². The van der Waals surface area contributed by atoms with E-state index >= 15 is 0 Å². The molecule has 27 heavy (non-hydrogen) atoms. The van der Waals surface area contributed by atoms with E-state index in [9.17, 15) is 0 Å². The minimum absolute atomic E-state index is 0.121. The maximum Gasteiger partial charge on any atom is 0.166 e. The van der Waals surface area contributed by atoms with Crippen molar-refractivity contribution in [3.63, 3.8) is 0 Å². The van der Waals surface area contributed by atoms with Crippen molar-refractivity contribution in [1.29, 1.82) is 0 Å². The molecule has 2 saturated heterocycles. The van der Waals surface area contributed by atoms with Crippen LogP contribution in [0.15, 0.2) is 18.2 Å². The van der Waals surface area contributed by atoms with Gasteiger partial charge in [-0.2, -0.15) is 0 Å². The van der Waals surface area contributed by atoms with Crippen LogP contribution in [0.5, 0.6) is 11.5 Å². The molecule has 152 valence electrons. The molecule has 2 aliphatic heterocycles. The summed E-state index contributed by atoms with van der Waals surface area (Å²) in [6.45, 7) is 10.1. The zero-order valence-electron chi connectivity index (χ0n) is 17.3. The highest BCUT2D eigenvalue weighted by Crippen LogP contribution is 2.33. The summed E-state index contributed by atoms with van der Waals surface area (Å²) >= 11 is 0. The summed E-state index contributed by atoms with van der Waals surface area (Å²) < 4.78 is 17.3. The number of rotatable bonds is 8. The standard InChI is InChI=1S/C22H36N2O3/c1-18(2)27-21-19(8-7-9-20(21)25-3)16-23-17-22(10-14-26-15-11-22)24-12-5-4-6-13-24/h7-9,18,23H,4-6,10-17H2,1-3H3. The minimum atomic E-state index is 0.121. The molecule has 2 heterocycles. The monoisotopic (exact) mass is 376 g/mol. The van der Waals surface area contributed by atoms with Gasteiger partial charge < -0.3 is 19.5 Å². The van der Waals surface area contributed by atoms with Crippen LogP contribution >= 0.6 is 0 Å². The lowest BCUT2D eigenvalue weighted by atomic mass is 9.86. The van der Waals surface area contributed by atoms with Gasteiger partial charge in [-0.05, 0) is 58.7 Å². The minimum Gasteiger partial charge on any atom is -0.493 e. The average Bonchev–Trinajstić information content (AvgIpc) is 2.70. The van der Waals surface area contributed by atoms with Crippen molar-refractivity contribution in [2.75, 3.05) is 40.0 Å². The number of benzene rings is 1. The van der Waals surface area contributed by atoms with E-state index in [1.54, 1.807) is 7.11 Å². The van der Waals surface area contributed by atoms with E-state index < -0.39 is 0 Å². The van der Waals surface area contributed by atoms with Crippen LogP contribution in [0.2, 0.25) is 0 Å². The Balaban J connectivity index is 1.68. The van der Waals surface area contributed by atoms with Crippen LogP contribution in [-0.4, -0.2) is 56.5 Å². The average molecular weight is 377 g/mol. The first-order valence-electron chi connectivity index (χ1n) is 10.5. The summed E-state index contributed by atoms with van der Waals surface area (Å²) in [6.07, 6.45) is 6.38. The summed E-state index contributed by atoms with van der Waals surface area (Å²) in [5.41, 5.74) is 1.39. The molecule has 5 heteroatoms. The summed E-state index contributed by atoms with van der Waals surface area (Å²) in [4.78, 5) is 2.73. The third-order valence-electron chi connectivity index (χ3n) is 5.85. The van der Waals surface area contributed by atoms with Gasteiger partial charge in [0.2, 0.25) is 0 Å². The van der Waals surface area contributed by atoms with Crippen molar-refractivity contribution in [2.24, 2.45) is 0 Å². The Morgan fingerprint density at radius 3 is 2.56 bits per heavy atom. The Labute approximate surface area is 164 Å². The number of likely N-dealkylation sites (tertiary alicyclic amines) is 1. The predicted octanol–water partition coefficient (Wildman–Crippen LogP) is 3.61. The van der Waals surface area contributed by atoms with Crippen LogP contribution in [0.25, 0.3) is 0 Å². The first kappa shape index (κ1) is 20.4. The third-order valence-corrected chi connectivity index (χ3v) is 5.85. The van der Waals surface area contributed by atoms with Gasteiger partial charge in [0.1, 0.15) is 0 Å². The lowest BCUT2D eigenvalue weighted by Crippen LogP contribution is -2.59. The van der Waals surface area contributed by atoms with E-state index in [1.807, 2.05) is 12.1 Å². The molecule has 0 aliphatic carbocycles. The van der Waals surface area contributed by atoms with Gasteiger partial charge in [0.25, 0.3) is 0 Å². The van der Waals surface area contributed by atoms with Crippen LogP contribution < -0.4 is 14.8 Å². The van der Waals surface area contributed by atoms with Crippen molar-refractivity contribution in [2.45, 2.75) is 64.1 Å². The second kappa shape index (κ2) is 9.76. The Morgan fingerprint density at radius 1 is 1.15 bits per heavy atom. The Kier molecular flexibility index (Phi) is 7.39. The van der Waals surface area contributed by atoms with Gasteiger partial charge in [0.05, 0.1) is 13.2 Å². The molecule has 1 aromatic rings. The second-order valence-corrected chi connectivity index (χ2v) is 8.10. The molecule has 2 fully saturated rings. The Hall–Kier alpha value is -1.30. The van der Waals surface area contributed by atoms with E-state index in [2.05, 4.69) is 30.1 Å². The van der Waals surface area contributed by atoms with Crippen LogP contribution in [0, 0.1) is 0 Å². The molecule has 5 nitrogen and oxygen atoms in total. The Bertz CT molecular complexity index is 579. The van der Waals surface area contributed by atoms with E-state index in [0.29, 0.717) is 0 Å². The van der Waals surface area contributed by atoms with E-state index in [1.165, 1.54) is 32.4 Å². The fourth-order valence-corrected chi connectivity index (χ4v) is 4.38. The third kappa shape index (κ3) is 5.15. The number of piperidine rings is 1. The Morgan fingerprint density at radius 2 is 1.89 bits per heavy atom. The summed E-state index contributed by atoms with van der Waals surface area (Å²) in [5.74, 6) is 1.67. The van der Waals surface area contributed by atoms with E-state index in [0.717, 1.165) is 56.2 Å². The van der Waals surface area contributed by atoms with Crippen LogP contribution in [0.3, 0.4) is 0 Å². The zero-order valence-corrected chi connectivity index (χ0v) is 17.3. The molecule has 2 aliphatic rings. The summed E-state index contributed by atoms with van der Waals surface area (Å²) in [5, 5.41) is 3.74. The topological polar surface area (TPSA) is 43.0 Å². The number of para-hydroxylation sites is 1. The van der Waals surface area contributed by atoms with Gasteiger partial charge in [-0.25, -0.2) is 0 Å². The van der Waals surface area contributed by atoms with Crippen LogP contribution in [0.4, 0.5) is 0 Å². The van der Waals surface area contributed by atoms with Gasteiger partial charge >= 0.3 is 0 Å². The number of methoxy groups -OCH3 is 1. The molecule has 0 atom stereocenters. The first-order chi connectivity index (χ1) is 13.1. The van der Waals surface area contributed by atoms with Crippen molar-refractivity contribution in [1.82, 2.24) is 10.2 Å². The van der Waals surface area contributed by atoms with Gasteiger partial charge in [-0.3, -0.25) is 4.90 Å². The number of nitrogens with zero attached hydrogens (tertiary/aromatic N) is 1. The molecular weight excluding hydrogens is 340 g/mol. The van der Waals surface area contributed by atoms with E-state index in [4.69, 9.17) is 14.2 Å². The van der Waals surface area contributed by atoms with Crippen LogP contribution in [-0.2, 0) is 11.3 Å². The van der Waals surface area contributed by atoms with Crippen LogP contribution in [0.1, 0.15) is 51.5 Å². The predicted molar refractivity (Wildman–Crippen MR) is 109 cm³/mol. The van der Waals surface area contributed by atoms with Gasteiger partial charge in [0, 0.05) is 37.4 Å². The number of ether oxygens (including phenoxy) is 3. The molecule has 0 saturated carbocycles. The second-order valence-electron chi connectivity index (χ2n) is 8.10. The molecule has 0 aromatic heterocycles. The molecule has 1 aromatic carbocycles. The molecule has 0 radical (unpaired) electrons. The van der Waals surface area contributed by atoms with Gasteiger partial charge in [-0.15, -0.1) is 0 Å². The highest BCUT2D eigenvalue weighted by atomic mass is 16.5. The normalized spacial score (nSPS) is 20.6. The molecule has 0 amide bonds. The lowest BCUT2D eigenvalue weighted by molar-refractivity contribution is -0.0358.